The van der Waals surface area contributed by atoms with Crippen molar-refractivity contribution < 1.29 is 9.90 Å². The summed E-state index contributed by atoms with van der Waals surface area (Å²) in [6.45, 7) is 0. The molecular formula is C11H7O2S. The van der Waals surface area contributed by atoms with Crippen molar-refractivity contribution in [2.75, 3.05) is 0 Å². The number of benzene rings is 1. The molecule has 0 spiro atoms. The SMILES string of the molecule is O=C(O)c1ccc(-c2[c]cccc2)s1. The molecule has 0 aliphatic carbocycles. The number of thiophene rings is 1. The average molecular weight is 203 g/mol. The molecule has 1 N–H and O–H groups in total. The van der Waals surface area contributed by atoms with E-state index < -0.39 is 5.97 Å². The molecule has 0 aliphatic rings. The van der Waals surface area contributed by atoms with Crippen molar-refractivity contribution in [3.8, 4) is 10.4 Å². The van der Waals surface area contributed by atoms with Crippen LogP contribution in [-0.4, -0.2) is 11.1 Å². The standard InChI is InChI=1S/C11H7O2S/c12-11(13)10-7-6-9(14-10)8-4-2-1-3-5-8/h1-4,6-7H,(H,12,13). The summed E-state index contributed by atoms with van der Waals surface area (Å²) in [5, 5.41) is 8.75. The summed E-state index contributed by atoms with van der Waals surface area (Å²) in [5.74, 6) is -0.878. The molecular weight excluding hydrogens is 196 g/mol. The fraction of sp³-hybridized carbons (Fsp3) is 0. The molecule has 0 amide bonds. The predicted molar refractivity (Wildman–Crippen MR) is 55.6 cm³/mol. The second-order valence-electron chi connectivity index (χ2n) is 2.75. The summed E-state index contributed by atoms with van der Waals surface area (Å²) in [6, 6.07) is 14.0. The zero-order chi connectivity index (χ0) is 9.97. The third-order valence-electron chi connectivity index (χ3n) is 1.79. The molecule has 3 heteroatoms. The Labute approximate surface area is 85.4 Å². The number of hydrogen-bond acceptors (Lipinski definition) is 2. The second-order valence-corrected chi connectivity index (χ2v) is 3.83. The highest BCUT2D eigenvalue weighted by molar-refractivity contribution is 7.17. The zero-order valence-corrected chi connectivity index (χ0v) is 8.04. The van der Waals surface area contributed by atoms with E-state index in [0.29, 0.717) is 4.88 Å². The average Bonchev–Trinajstić information content (AvgIpc) is 2.68. The van der Waals surface area contributed by atoms with Gasteiger partial charge in [0.15, 0.2) is 0 Å². The third-order valence-corrected chi connectivity index (χ3v) is 2.90. The predicted octanol–water partition coefficient (Wildman–Crippen LogP) is 2.91. The Morgan fingerprint density at radius 1 is 1.29 bits per heavy atom. The van der Waals surface area contributed by atoms with Gasteiger partial charge in [0, 0.05) is 4.88 Å². The normalized spacial score (nSPS) is 10.0. The van der Waals surface area contributed by atoms with Crippen molar-refractivity contribution in [2.45, 2.75) is 0 Å². The molecule has 69 valence electrons. The quantitative estimate of drug-likeness (QED) is 0.814. The van der Waals surface area contributed by atoms with Gasteiger partial charge >= 0.3 is 5.97 Å². The smallest absolute Gasteiger partial charge is 0.345 e. The van der Waals surface area contributed by atoms with Crippen molar-refractivity contribution >= 4 is 17.3 Å². The van der Waals surface area contributed by atoms with Crippen LogP contribution in [0.5, 0.6) is 0 Å². The highest BCUT2D eigenvalue weighted by Gasteiger charge is 2.07. The minimum Gasteiger partial charge on any atom is -0.477 e. The molecule has 1 aromatic heterocycles. The van der Waals surface area contributed by atoms with Crippen molar-refractivity contribution in [1.82, 2.24) is 0 Å². The van der Waals surface area contributed by atoms with E-state index in [9.17, 15) is 4.79 Å². The van der Waals surface area contributed by atoms with Gasteiger partial charge < -0.3 is 5.11 Å². The maximum Gasteiger partial charge on any atom is 0.345 e. The lowest BCUT2D eigenvalue weighted by atomic mass is 10.2. The molecule has 0 aliphatic heterocycles. The summed E-state index contributed by atoms with van der Waals surface area (Å²) in [7, 11) is 0. The van der Waals surface area contributed by atoms with Crippen LogP contribution in [0.1, 0.15) is 9.67 Å². The van der Waals surface area contributed by atoms with Crippen LogP contribution in [0.25, 0.3) is 10.4 Å². The fourth-order valence-corrected chi connectivity index (χ4v) is 1.98. The molecule has 1 heterocycles. The van der Waals surface area contributed by atoms with E-state index in [1.165, 1.54) is 11.3 Å². The molecule has 0 saturated carbocycles. The van der Waals surface area contributed by atoms with Crippen molar-refractivity contribution in [2.24, 2.45) is 0 Å². The van der Waals surface area contributed by atoms with Crippen LogP contribution in [-0.2, 0) is 0 Å². The Hall–Kier alpha value is -1.61. The van der Waals surface area contributed by atoms with Crippen LogP contribution in [0.4, 0.5) is 0 Å². The van der Waals surface area contributed by atoms with Gasteiger partial charge in [-0.05, 0) is 23.8 Å². The Morgan fingerprint density at radius 3 is 2.71 bits per heavy atom. The van der Waals surface area contributed by atoms with E-state index in [4.69, 9.17) is 5.11 Å². The highest BCUT2D eigenvalue weighted by Crippen LogP contribution is 2.27. The Balaban J connectivity index is 2.39. The van der Waals surface area contributed by atoms with Crippen LogP contribution in [0.15, 0.2) is 36.4 Å². The van der Waals surface area contributed by atoms with E-state index in [2.05, 4.69) is 6.07 Å². The van der Waals surface area contributed by atoms with Crippen LogP contribution >= 0.6 is 11.3 Å². The first-order valence-electron chi connectivity index (χ1n) is 4.07. The fourth-order valence-electron chi connectivity index (χ4n) is 1.14. The summed E-state index contributed by atoms with van der Waals surface area (Å²) in [5.41, 5.74) is 0.935. The first kappa shape index (κ1) is 8.97. The van der Waals surface area contributed by atoms with E-state index in [-0.39, 0.29) is 0 Å². The van der Waals surface area contributed by atoms with Gasteiger partial charge in [0.2, 0.25) is 0 Å². The number of aromatic carboxylic acids is 1. The van der Waals surface area contributed by atoms with Gasteiger partial charge in [0.05, 0.1) is 0 Å². The molecule has 0 saturated heterocycles. The Bertz CT molecular complexity index is 445. The van der Waals surface area contributed by atoms with Gasteiger partial charge in [-0.25, -0.2) is 4.79 Å². The van der Waals surface area contributed by atoms with Gasteiger partial charge in [-0.15, -0.1) is 11.3 Å². The lowest BCUT2D eigenvalue weighted by Gasteiger charge is -1.93. The summed E-state index contributed by atoms with van der Waals surface area (Å²) < 4.78 is 0. The van der Waals surface area contributed by atoms with Crippen molar-refractivity contribution in [1.29, 1.82) is 0 Å². The molecule has 0 fully saturated rings. The van der Waals surface area contributed by atoms with Gasteiger partial charge in [-0.3, -0.25) is 0 Å². The first-order chi connectivity index (χ1) is 6.77. The van der Waals surface area contributed by atoms with Gasteiger partial charge in [-0.1, -0.05) is 24.3 Å². The van der Waals surface area contributed by atoms with E-state index in [1.54, 1.807) is 12.1 Å². The second kappa shape index (κ2) is 3.64. The van der Waals surface area contributed by atoms with Crippen LogP contribution in [0.2, 0.25) is 0 Å². The van der Waals surface area contributed by atoms with Crippen molar-refractivity contribution in [3.63, 3.8) is 0 Å². The maximum absolute atomic E-state index is 10.6. The summed E-state index contributed by atoms with van der Waals surface area (Å²) in [6.07, 6.45) is 0. The van der Waals surface area contributed by atoms with Crippen LogP contribution in [0, 0.1) is 6.07 Å². The van der Waals surface area contributed by atoms with Gasteiger partial charge in [-0.2, -0.15) is 0 Å². The molecule has 0 atom stereocenters. The molecule has 2 nitrogen and oxygen atoms in total. The lowest BCUT2D eigenvalue weighted by Crippen LogP contribution is -1.89. The number of rotatable bonds is 2. The molecule has 1 radical (unpaired) electrons. The van der Waals surface area contributed by atoms with E-state index >= 15 is 0 Å². The molecule has 14 heavy (non-hydrogen) atoms. The summed E-state index contributed by atoms with van der Waals surface area (Å²) in [4.78, 5) is 11.9. The minimum absolute atomic E-state index is 0.359. The Morgan fingerprint density at radius 2 is 2.14 bits per heavy atom. The van der Waals surface area contributed by atoms with Gasteiger partial charge in [0.25, 0.3) is 0 Å². The van der Waals surface area contributed by atoms with Crippen LogP contribution in [0.3, 0.4) is 0 Å². The largest absolute Gasteiger partial charge is 0.477 e. The molecule has 0 unspecified atom stereocenters. The number of carboxylic acid groups (broad SMARTS) is 1. The minimum atomic E-state index is -0.878. The van der Waals surface area contributed by atoms with Crippen LogP contribution < -0.4 is 0 Å². The number of hydrogen-bond donors (Lipinski definition) is 1. The van der Waals surface area contributed by atoms with Crippen molar-refractivity contribution in [3.05, 3.63) is 47.3 Å². The van der Waals surface area contributed by atoms with E-state index in [0.717, 1.165) is 10.4 Å². The molecule has 0 bridgehead atoms. The number of carboxylic acids is 1. The number of carbonyl (C=O) groups is 1. The zero-order valence-electron chi connectivity index (χ0n) is 7.23. The molecule has 1 aromatic carbocycles. The van der Waals surface area contributed by atoms with E-state index in [1.807, 2.05) is 24.3 Å². The Kier molecular flexibility index (Phi) is 2.33. The third kappa shape index (κ3) is 1.67. The van der Waals surface area contributed by atoms with Gasteiger partial charge in [0.1, 0.15) is 4.88 Å². The molecule has 2 aromatic rings. The molecule has 2 rings (SSSR count). The first-order valence-corrected chi connectivity index (χ1v) is 4.89. The summed E-state index contributed by atoms with van der Waals surface area (Å²) >= 11 is 1.26. The highest BCUT2D eigenvalue weighted by atomic mass is 32.1. The lowest BCUT2D eigenvalue weighted by molar-refractivity contribution is 0.0702. The maximum atomic E-state index is 10.6. The monoisotopic (exact) mass is 203 g/mol. The topological polar surface area (TPSA) is 37.3 Å².